The van der Waals surface area contributed by atoms with E-state index in [9.17, 15) is 19.2 Å². The van der Waals surface area contributed by atoms with E-state index < -0.39 is 40.6 Å². The highest BCUT2D eigenvalue weighted by atomic mass is 32.2. The first-order chi connectivity index (χ1) is 22.8. The summed E-state index contributed by atoms with van der Waals surface area (Å²) in [5, 5.41) is 3.38. The van der Waals surface area contributed by atoms with Gasteiger partial charge in [-0.2, -0.15) is 23.5 Å². The van der Waals surface area contributed by atoms with Gasteiger partial charge in [0.1, 0.15) is 16.7 Å². The zero-order valence-electron chi connectivity index (χ0n) is 27.7. The van der Waals surface area contributed by atoms with Gasteiger partial charge in [-0.3, -0.25) is 4.79 Å². The Morgan fingerprint density at radius 1 is 1.00 bits per heavy atom. The zero-order chi connectivity index (χ0) is 34.4. The molecular formula is C34H43N5O7S2. The Morgan fingerprint density at radius 3 is 2.19 bits per heavy atom. The highest BCUT2D eigenvalue weighted by molar-refractivity contribution is 7.98. The first-order valence-corrected chi connectivity index (χ1v) is 19.0. The van der Waals surface area contributed by atoms with E-state index in [0.29, 0.717) is 33.8 Å². The third-order valence-electron chi connectivity index (χ3n) is 10.1. The van der Waals surface area contributed by atoms with Gasteiger partial charge in [0.2, 0.25) is 0 Å². The summed E-state index contributed by atoms with van der Waals surface area (Å²) in [6, 6.07) is 10.7. The number of nitrogens with two attached hydrogens (primary N) is 2. The molecular weight excluding hydrogens is 655 g/mol. The minimum atomic E-state index is -1.92. The highest BCUT2D eigenvalue weighted by Gasteiger charge is 2.57. The molecule has 0 aromatic heterocycles. The molecule has 5 N–H and O–H groups in total. The molecule has 14 heteroatoms. The summed E-state index contributed by atoms with van der Waals surface area (Å²) in [6.07, 6.45) is 5.23. The fourth-order valence-corrected chi connectivity index (χ4v) is 8.53. The van der Waals surface area contributed by atoms with E-state index in [1.165, 1.54) is 23.5 Å². The number of fused-ring (bicyclic) bond motifs is 6. The topological polar surface area (TPSA) is 167 Å². The maximum absolute atomic E-state index is 14.5. The number of amides is 2. The van der Waals surface area contributed by atoms with E-state index in [-0.39, 0.29) is 41.1 Å². The number of thioether (sulfide) groups is 2. The van der Waals surface area contributed by atoms with Crippen LogP contribution in [-0.2, 0) is 40.7 Å². The number of rotatable bonds is 10. The number of alkyl carbamates (subject to hydrolysis) is 1. The lowest BCUT2D eigenvalue weighted by Crippen LogP contribution is -2.58. The lowest BCUT2D eigenvalue weighted by atomic mass is 9.69. The first-order valence-electron chi connectivity index (χ1n) is 16.2. The third kappa shape index (κ3) is 5.95. The van der Waals surface area contributed by atoms with Gasteiger partial charge in [-0.25, -0.2) is 14.4 Å². The van der Waals surface area contributed by atoms with Crippen molar-refractivity contribution in [3.63, 3.8) is 0 Å². The van der Waals surface area contributed by atoms with Crippen molar-refractivity contribution in [3.8, 4) is 11.1 Å². The molecule has 3 saturated heterocycles. The van der Waals surface area contributed by atoms with E-state index in [0.717, 1.165) is 32.5 Å². The molecule has 6 aliphatic rings. The first kappa shape index (κ1) is 34.6. The number of carbonyl (C=O) groups excluding carboxylic acids is 4. The lowest BCUT2D eigenvalue weighted by molar-refractivity contribution is -0.296. The molecule has 6 bridgehead atoms. The Labute approximate surface area is 288 Å². The summed E-state index contributed by atoms with van der Waals surface area (Å²) in [5.41, 5.74) is 10.5. The van der Waals surface area contributed by atoms with Gasteiger partial charge in [0, 0.05) is 28.9 Å². The minimum absolute atomic E-state index is 0.00536. The summed E-state index contributed by atoms with van der Waals surface area (Å²) in [7, 11) is 0. The number of piperidine rings is 3. The molecule has 0 spiro atoms. The number of benzene rings is 2. The average molecular weight is 698 g/mol. The Bertz CT molecular complexity index is 1610. The standard InChI is InChI=1S/C34H43N5O7S2/c1-32(2,44-31(43)37-24-19-38-14-10-21(24)11-15-38)26-23-18-22(20-8-6-5-7-9-20)25-27(26)34(36,13-17-48-4)30(42)46-39(28(25)40)45-29(41)33(23,35)12-16-47-3/h5-9,18,21,24H,10-17,19,35-36H2,1-4H3,(H,37,43). The van der Waals surface area contributed by atoms with Crippen LogP contribution in [-0.4, -0.2) is 83.8 Å². The van der Waals surface area contributed by atoms with Crippen molar-refractivity contribution in [2.45, 2.75) is 62.3 Å². The Balaban J connectivity index is 1.63. The van der Waals surface area contributed by atoms with E-state index in [2.05, 4.69) is 10.2 Å². The SMILES string of the molecule is CSCCC1(N)C(=O)ON2OC(=O)C(N)(CCSC)c3c(c(-c4ccccc4)cc1c3C(C)(C)OC(=O)NC1CN3CCC1CC3)C2=O. The van der Waals surface area contributed by atoms with E-state index >= 15 is 0 Å². The van der Waals surface area contributed by atoms with Gasteiger partial charge in [-0.05, 0) is 105 Å². The van der Waals surface area contributed by atoms with Crippen LogP contribution in [0.3, 0.4) is 0 Å². The number of hydrogen-bond acceptors (Lipinski definition) is 12. The molecule has 8 rings (SSSR count). The number of hydroxylamine groups is 2. The van der Waals surface area contributed by atoms with Crippen LogP contribution in [0, 0.1) is 5.92 Å². The van der Waals surface area contributed by atoms with Crippen molar-refractivity contribution >= 4 is 47.5 Å². The second kappa shape index (κ2) is 13.2. The molecule has 0 radical (unpaired) electrons. The van der Waals surface area contributed by atoms with E-state index in [1.54, 1.807) is 19.9 Å². The number of hydrogen-bond donors (Lipinski definition) is 3. The summed E-state index contributed by atoms with van der Waals surface area (Å²) in [5.74, 6) is -1.69. The van der Waals surface area contributed by atoms with Crippen molar-refractivity contribution in [2.75, 3.05) is 43.7 Å². The van der Waals surface area contributed by atoms with Gasteiger partial charge < -0.3 is 36.1 Å². The quantitative estimate of drug-likeness (QED) is 0.331. The second-order valence-electron chi connectivity index (χ2n) is 13.5. The zero-order valence-corrected chi connectivity index (χ0v) is 29.3. The van der Waals surface area contributed by atoms with Crippen LogP contribution >= 0.6 is 23.5 Å². The van der Waals surface area contributed by atoms with Crippen LogP contribution in [0.1, 0.15) is 66.6 Å². The summed E-state index contributed by atoms with van der Waals surface area (Å²) < 4.78 is 6.27. The van der Waals surface area contributed by atoms with Crippen molar-refractivity contribution in [2.24, 2.45) is 17.4 Å². The molecule has 258 valence electrons. The number of nitrogens with zero attached hydrogens (tertiary/aromatic N) is 2. The molecule has 3 fully saturated rings. The molecule has 3 atom stereocenters. The number of carbonyl (C=O) groups is 4. The van der Waals surface area contributed by atoms with Crippen LogP contribution in [0.15, 0.2) is 36.4 Å². The van der Waals surface area contributed by atoms with E-state index in [4.69, 9.17) is 25.9 Å². The second-order valence-corrected chi connectivity index (χ2v) is 15.5. The lowest BCUT2D eigenvalue weighted by Gasteiger charge is -2.45. The molecule has 12 nitrogen and oxygen atoms in total. The average Bonchev–Trinajstić information content (AvgIpc) is 3.11. The van der Waals surface area contributed by atoms with Gasteiger partial charge in [0.05, 0.1) is 5.56 Å². The predicted molar refractivity (Wildman–Crippen MR) is 184 cm³/mol. The third-order valence-corrected chi connectivity index (χ3v) is 11.3. The van der Waals surface area contributed by atoms with Gasteiger partial charge in [-0.15, -0.1) is 0 Å². The number of ether oxygens (including phenoxy) is 1. The molecule has 2 aromatic carbocycles. The van der Waals surface area contributed by atoms with Gasteiger partial charge >= 0.3 is 23.9 Å². The Hall–Kier alpha value is -3.30. The fourth-order valence-electron chi connectivity index (χ4n) is 7.47. The monoisotopic (exact) mass is 697 g/mol. The van der Waals surface area contributed by atoms with Crippen LogP contribution in [0.4, 0.5) is 4.79 Å². The molecule has 3 unspecified atom stereocenters. The van der Waals surface area contributed by atoms with Crippen LogP contribution in [0.2, 0.25) is 0 Å². The van der Waals surface area contributed by atoms with Crippen molar-refractivity contribution in [3.05, 3.63) is 58.7 Å². The Kier molecular flexibility index (Phi) is 9.50. The molecule has 2 aromatic rings. The van der Waals surface area contributed by atoms with Crippen molar-refractivity contribution in [1.82, 2.24) is 15.4 Å². The molecule has 6 aliphatic heterocycles. The molecule has 0 aliphatic carbocycles. The maximum Gasteiger partial charge on any atom is 0.408 e. The van der Waals surface area contributed by atoms with Crippen LogP contribution in [0.5, 0.6) is 0 Å². The smallest absolute Gasteiger partial charge is 0.408 e. The van der Waals surface area contributed by atoms with Crippen molar-refractivity contribution in [1.29, 1.82) is 0 Å². The number of nitrogens with one attached hydrogen (secondary N) is 1. The minimum Gasteiger partial charge on any atom is -0.439 e. The summed E-state index contributed by atoms with van der Waals surface area (Å²) >= 11 is 2.94. The van der Waals surface area contributed by atoms with E-state index in [1.807, 2.05) is 42.8 Å². The fraction of sp³-hybridized carbons (Fsp3) is 0.529. The largest absolute Gasteiger partial charge is 0.439 e. The molecule has 2 amide bonds. The van der Waals surface area contributed by atoms with Gasteiger partial charge in [-0.1, -0.05) is 30.3 Å². The normalized spacial score (nSPS) is 27.9. The highest BCUT2D eigenvalue weighted by Crippen LogP contribution is 2.49. The van der Waals surface area contributed by atoms with Crippen LogP contribution < -0.4 is 16.8 Å². The Morgan fingerprint density at radius 2 is 1.60 bits per heavy atom. The van der Waals surface area contributed by atoms with Gasteiger partial charge in [0.15, 0.2) is 0 Å². The summed E-state index contributed by atoms with van der Waals surface area (Å²) in [6.45, 7) is 6.07. The molecule has 48 heavy (non-hydrogen) atoms. The van der Waals surface area contributed by atoms with Crippen molar-refractivity contribution < 1.29 is 33.6 Å². The van der Waals surface area contributed by atoms with Gasteiger partial charge in [0.25, 0.3) is 0 Å². The summed E-state index contributed by atoms with van der Waals surface area (Å²) in [4.78, 5) is 69.8. The van der Waals surface area contributed by atoms with Crippen LogP contribution in [0.25, 0.3) is 11.1 Å². The maximum atomic E-state index is 14.5. The molecule has 6 heterocycles. The molecule has 0 saturated carbocycles. The predicted octanol–water partition coefficient (Wildman–Crippen LogP) is 3.61.